The van der Waals surface area contributed by atoms with Gasteiger partial charge in [0.15, 0.2) is 0 Å². The zero-order valence-electron chi connectivity index (χ0n) is 10.4. The Hall–Kier alpha value is -1.36. The van der Waals surface area contributed by atoms with Gasteiger partial charge in [-0.25, -0.2) is 9.97 Å². The molecule has 3 N–H and O–H groups in total. The first-order valence-electron chi connectivity index (χ1n) is 6.39. The van der Waals surface area contributed by atoms with Crippen LogP contribution in [0.2, 0.25) is 0 Å². The molecule has 1 atom stereocenters. The summed E-state index contributed by atoms with van der Waals surface area (Å²) in [7, 11) is 0. The summed E-state index contributed by atoms with van der Waals surface area (Å²) in [6.07, 6.45) is 3.95. The van der Waals surface area contributed by atoms with E-state index >= 15 is 0 Å². The molecule has 0 amide bonds. The van der Waals surface area contributed by atoms with Crippen LogP contribution in [-0.4, -0.2) is 36.1 Å². The van der Waals surface area contributed by atoms with E-state index in [-0.39, 0.29) is 0 Å². The molecule has 5 nitrogen and oxygen atoms in total. The van der Waals surface area contributed by atoms with Gasteiger partial charge in [-0.15, -0.1) is 0 Å². The number of nitrogens with one attached hydrogen (secondary N) is 3. The molecule has 1 aromatic heterocycles. The first-order valence-corrected chi connectivity index (χ1v) is 6.39. The average molecular weight is 235 g/mol. The summed E-state index contributed by atoms with van der Waals surface area (Å²) >= 11 is 0. The molecule has 1 aliphatic heterocycles. The summed E-state index contributed by atoms with van der Waals surface area (Å²) in [6.45, 7) is 6.32. The predicted molar refractivity (Wildman–Crippen MR) is 70.3 cm³/mol. The Bertz CT molecular complexity index is 335. The van der Waals surface area contributed by atoms with Gasteiger partial charge < -0.3 is 16.0 Å². The minimum Gasteiger partial charge on any atom is -0.370 e. The van der Waals surface area contributed by atoms with Crippen molar-refractivity contribution in [3.05, 3.63) is 12.4 Å². The molecule has 94 valence electrons. The molecule has 17 heavy (non-hydrogen) atoms. The van der Waals surface area contributed by atoms with Gasteiger partial charge in [-0.2, -0.15) is 0 Å². The molecular weight excluding hydrogens is 214 g/mol. The molecule has 2 rings (SSSR count). The third-order valence-electron chi connectivity index (χ3n) is 2.96. The van der Waals surface area contributed by atoms with Gasteiger partial charge in [0.25, 0.3) is 0 Å². The largest absolute Gasteiger partial charge is 0.370 e. The molecule has 0 radical (unpaired) electrons. The van der Waals surface area contributed by atoms with Crippen molar-refractivity contribution in [3.63, 3.8) is 0 Å². The van der Waals surface area contributed by atoms with Crippen molar-refractivity contribution in [2.45, 2.75) is 19.8 Å². The van der Waals surface area contributed by atoms with Crippen LogP contribution in [0.4, 0.5) is 11.6 Å². The number of anilines is 2. The highest BCUT2D eigenvalue weighted by molar-refractivity contribution is 5.46. The fourth-order valence-electron chi connectivity index (χ4n) is 1.94. The summed E-state index contributed by atoms with van der Waals surface area (Å²) in [6, 6.07) is 1.97. The van der Waals surface area contributed by atoms with Gasteiger partial charge in [0.2, 0.25) is 0 Å². The van der Waals surface area contributed by atoms with Crippen molar-refractivity contribution in [1.82, 2.24) is 15.3 Å². The zero-order chi connectivity index (χ0) is 11.9. The van der Waals surface area contributed by atoms with Crippen molar-refractivity contribution in [1.29, 1.82) is 0 Å². The Morgan fingerprint density at radius 3 is 2.88 bits per heavy atom. The van der Waals surface area contributed by atoms with E-state index in [2.05, 4.69) is 32.8 Å². The van der Waals surface area contributed by atoms with Crippen molar-refractivity contribution in [3.8, 4) is 0 Å². The summed E-state index contributed by atoms with van der Waals surface area (Å²) in [5.41, 5.74) is 0. The van der Waals surface area contributed by atoms with Gasteiger partial charge in [-0.1, -0.05) is 6.92 Å². The van der Waals surface area contributed by atoms with Gasteiger partial charge in [0.05, 0.1) is 0 Å². The van der Waals surface area contributed by atoms with Crippen molar-refractivity contribution >= 4 is 11.6 Å². The Morgan fingerprint density at radius 1 is 1.35 bits per heavy atom. The molecule has 0 aliphatic carbocycles. The third kappa shape index (κ3) is 3.85. The summed E-state index contributed by atoms with van der Waals surface area (Å²) < 4.78 is 0. The lowest BCUT2D eigenvalue weighted by atomic mass is 10.1. The highest BCUT2D eigenvalue weighted by Gasteiger charge is 2.13. The van der Waals surface area contributed by atoms with Crippen LogP contribution in [0.1, 0.15) is 19.8 Å². The van der Waals surface area contributed by atoms with Gasteiger partial charge in [-0.05, 0) is 31.8 Å². The highest BCUT2D eigenvalue weighted by atomic mass is 15.1. The van der Waals surface area contributed by atoms with Crippen LogP contribution in [-0.2, 0) is 0 Å². The van der Waals surface area contributed by atoms with E-state index in [9.17, 15) is 0 Å². The molecule has 2 heterocycles. The Kier molecular flexibility index (Phi) is 4.55. The molecule has 0 bridgehead atoms. The molecule has 1 fully saturated rings. The van der Waals surface area contributed by atoms with Crippen molar-refractivity contribution in [2.24, 2.45) is 5.92 Å². The Balaban J connectivity index is 1.82. The van der Waals surface area contributed by atoms with Crippen LogP contribution in [0.15, 0.2) is 12.4 Å². The summed E-state index contributed by atoms with van der Waals surface area (Å²) in [4.78, 5) is 8.41. The van der Waals surface area contributed by atoms with Crippen LogP contribution >= 0.6 is 0 Å². The maximum absolute atomic E-state index is 4.23. The summed E-state index contributed by atoms with van der Waals surface area (Å²) in [5, 5.41) is 9.99. The van der Waals surface area contributed by atoms with Crippen molar-refractivity contribution in [2.75, 3.05) is 36.8 Å². The molecular formula is C12H21N5. The minimum absolute atomic E-state index is 0.719. The SMILES string of the molecule is CCCNc1cc(NCC2CCNC2)ncn1. The lowest BCUT2D eigenvalue weighted by Crippen LogP contribution is -2.17. The van der Waals surface area contributed by atoms with Crippen LogP contribution in [0.5, 0.6) is 0 Å². The van der Waals surface area contributed by atoms with E-state index in [0.717, 1.165) is 50.2 Å². The molecule has 1 aliphatic rings. The maximum Gasteiger partial charge on any atom is 0.131 e. The monoisotopic (exact) mass is 235 g/mol. The van der Waals surface area contributed by atoms with Crippen LogP contribution in [0, 0.1) is 5.92 Å². The zero-order valence-corrected chi connectivity index (χ0v) is 10.4. The lowest BCUT2D eigenvalue weighted by Gasteiger charge is -2.11. The third-order valence-corrected chi connectivity index (χ3v) is 2.96. The van der Waals surface area contributed by atoms with Gasteiger partial charge in [0, 0.05) is 19.2 Å². The minimum atomic E-state index is 0.719. The molecule has 0 saturated carbocycles. The smallest absolute Gasteiger partial charge is 0.131 e. The van der Waals surface area contributed by atoms with E-state index in [0.29, 0.717) is 0 Å². The van der Waals surface area contributed by atoms with Crippen molar-refractivity contribution < 1.29 is 0 Å². The van der Waals surface area contributed by atoms with Crippen LogP contribution < -0.4 is 16.0 Å². The van der Waals surface area contributed by atoms with E-state index < -0.39 is 0 Å². The normalized spacial score (nSPS) is 19.2. The molecule has 1 aromatic rings. The predicted octanol–water partition coefficient (Wildman–Crippen LogP) is 1.32. The standard InChI is InChI=1S/C12H21N5/c1-2-4-14-11-6-12(17-9-16-11)15-8-10-3-5-13-7-10/h6,9-10,13H,2-5,7-8H2,1H3,(H2,14,15,16,17). The van der Waals surface area contributed by atoms with E-state index in [1.165, 1.54) is 6.42 Å². The fourth-order valence-corrected chi connectivity index (χ4v) is 1.94. The number of aromatic nitrogens is 2. The van der Waals surface area contributed by atoms with Gasteiger partial charge >= 0.3 is 0 Å². The van der Waals surface area contributed by atoms with E-state index in [1.807, 2.05) is 6.07 Å². The maximum atomic E-state index is 4.23. The van der Waals surface area contributed by atoms with Gasteiger partial charge in [-0.3, -0.25) is 0 Å². The Labute approximate surface area is 102 Å². The molecule has 0 spiro atoms. The first-order chi connectivity index (χ1) is 8.38. The molecule has 1 unspecified atom stereocenters. The Morgan fingerprint density at radius 2 is 2.18 bits per heavy atom. The number of hydrogen-bond acceptors (Lipinski definition) is 5. The number of hydrogen-bond donors (Lipinski definition) is 3. The lowest BCUT2D eigenvalue weighted by molar-refractivity contribution is 0.614. The quantitative estimate of drug-likeness (QED) is 0.694. The topological polar surface area (TPSA) is 61.9 Å². The first kappa shape index (κ1) is 12.1. The van der Waals surface area contributed by atoms with Gasteiger partial charge in [0.1, 0.15) is 18.0 Å². The van der Waals surface area contributed by atoms with Crippen LogP contribution in [0.3, 0.4) is 0 Å². The van der Waals surface area contributed by atoms with Crippen LogP contribution in [0.25, 0.3) is 0 Å². The second-order valence-corrected chi connectivity index (χ2v) is 4.45. The summed E-state index contributed by atoms with van der Waals surface area (Å²) in [5.74, 6) is 2.52. The molecule has 1 saturated heterocycles. The second-order valence-electron chi connectivity index (χ2n) is 4.45. The second kappa shape index (κ2) is 6.39. The van der Waals surface area contributed by atoms with E-state index in [1.54, 1.807) is 6.33 Å². The fraction of sp³-hybridized carbons (Fsp3) is 0.667. The number of nitrogens with zero attached hydrogens (tertiary/aromatic N) is 2. The molecule has 0 aromatic carbocycles. The highest BCUT2D eigenvalue weighted by Crippen LogP contribution is 2.12. The van der Waals surface area contributed by atoms with E-state index in [4.69, 9.17) is 0 Å². The number of rotatable bonds is 6. The average Bonchev–Trinajstić information content (AvgIpc) is 2.87. The molecule has 5 heteroatoms.